The van der Waals surface area contributed by atoms with Gasteiger partial charge in [-0.1, -0.05) is 30.3 Å². The number of nitrogens with zero attached hydrogens (tertiary/aromatic N) is 1. The lowest BCUT2D eigenvalue weighted by atomic mass is 10.0. The lowest BCUT2D eigenvalue weighted by Crippen LogP contribution is -2.49. The first-order chi connectivity index (χ1) is 9.67. The van der Waals surface area contributed by atoms with Crippen molar-refractivity contribution in [3.05, 3.63) is 35.9 Å². The summed E-state index contributed by atoms with van der Waals surface area (Å²) in [6.45, 7) is 0.971. The third kappa shape index (κ3) is 3.37. The van der Waals surface area contributed by atoms with Gasteiger partial charge in [0.15, 0.2) is 0 Å². The highest BCUT2D eigenvalue weighted by Gasteiger charge is 2.44. The van der Waals surface area contributed by atoms with Crippen LogP contribution >= 0.6 is 0 Å². The van der Waals surface area contributed by atoms with Gasteiger partial charge in [-0.15, -0.1) is 0 Å². The third-order valence-electron chi connectivity index (χ3n) is 3.98. The molecule has 5 nitrogen and oxygen atoms in total. The summed E-state index contributed by atoms with van der Waals surface area (Å²) < 4.78 is 5.59. The normalized spacial score (nSPS) is 30.1. The van der Waals surface area contributed by atoms with Crippen molar-refractivity contribution in [2.75, 3.05) is 26.7 Å². The van der Waals surface area contributed by atoms with E-state index in [-0.39, 0.29) is 18.8 Å². The molecule has 1 aliphatic heterocycles. The number of nitrogens with two attached hydrogens (primary N) is 1. The van der Waals surface area contributed by atoms with Gasteiger partial charge in [0.2, 0.25) is 0 Å². The highest BCUT2D eigenvalue weighted by molar-refractivity contribution is 5.15. The van der Waals surface area contributed by atoms with Crippen LogP contribution < -0.4 is 5.73 Å². The maximum atomic E-state index is 10.2. The zero-order valence-electron chi connectivity index (χ0n) is 11.9. The Balaban J connectivity index is 1.95. The van der Waals surface area contributed by atoms with Crippen molar-refractivity contribution in [1.29, 1.82) is 0 Å². The van der Waals surface area contributed by atoms with Crippen LogP contribution in [0.5, 0.6) is 0 Å². The quantitative estimate of drug-likeness (QED) is 0.661. The molecule has 1 aromatic carbocycles. The minimum Gasteiger partial charge on any atom is -0.394 e. The molecule has 1 aromatic rings. The fourth-order valence-electron chi connectivity index (χ4n) is 2.82. The molecular formula is C15H24N2O3. The number of likely N-dealkylation sites (N-methyl/N-ethyl adjacent to an activating group) is 1. The Bertz CT molecular complexity index is 399. The van der Waals surface area contributed by atoms with Gasteiger partial charge in [0.25, 0.3) is 0 Å². The van der Waals surface area contributed by atoms with E-state index >= 15 is 0 Å². The van der Waals surface area contributed by atoms with Gasteiger partial charge in [0.1, 0.15) is 12.2 Å². The highest BCUT2D eigenvalue weighted by atomic mass is 16.5. The molecule has 112 valence electrons. The second kappa shape index (κ2) is 7.15. The van der Waals surface area contributed by atoms with Crippen molar-refractivity contribution in [3.63, 3.8) is 0 Å². The molecule has 0 saturated carbocycles. The van der Waals surface area contributed by atoms with Crippen LogP contribution in [0.2, 0.25) is 0 Å². The SMILES string of the molecule is CN(CCc1ccccc1)[C@@H]1[C@H](O)[C@H](CO)O[C@@H]1CN. The first-order valence-corrected chi connectivity index (χ1v) is 7.06. The molecule has 0 aliphatic carbocycles. The number of aliphatic hydroxyl groups excluding tert-OH is 2. The molecule has 4 atom stereocenters. The van der Waals surface area contributed by atoms with Gasteiger partial charge in [-0.3, -0.25) is 4.90 Å². The molecule has 0 aromatic heterocycles. The topological polar surface area (TPSA) is 79.0 Å². The molecule has 4 N–H and O–H groups in total. The molecule has 0 spiro atoms. The van der Waals surface area contributed by atoms with Crippen LogP contribution in [-0.2, 0) is 11.2 Å². The Hall–Kier alpha value is -0.980. The summed E-state index contributed by atoms with van der Waals surface area (Å²) in [5.41, 5.74) is 6.96. The van der Waals surface area contributed by atoms with Crippen LogP contribution in [0.1, 0.15) is 5.56 Å². The molecule has 1 saturated heterocycles. The minimum absolute atomic E-state index is 0.166. The summed E-state index contributed by atoms with van der Waals surface area (Å²) in [7, 11) is 1.96. The monoisotopic (exact) mass is 280 g/mol. The van der Waals surface area contributed by atoms with E-state index in [0.717, 1.165) is 13.0 Å². The second-order valence-electron chi connectivity index (χ2n) is 5.33. The van der Waals surface area contributed by atoms with E-state index in [2.05, 4.69) is 17.0 Å². The summed E-state index contributed by atoms with van der Waals surface area (Å²) >= 11 is 0. The molecule has 1 heterocycles. The predicted molar refractivity (Wildman–Crippen MR) is 77.4 cm³/mol. The maximum Gasteiger partial charge on any atom is 0.109 e. The van der Waals surface area contributed by atoms with Gasteiger partial charge >= 0.3 is 0 Å². The fraction of sp³-hybridized carbons (Fsp3) is 0.600. The van der Waals surface area contributed by atoms with Gasteiger partial charge in [-0.05, 0) is 19.0 Å². The second-order valence-corrected chi connectivity index (χ2v) is 5.33. The van der Waals surface area contributed by atoms with E-state index in [9.17, 15) is 10.2 Å². The van der Waals surface area contributed by atoms with Crippen LogP contribution in [0.15, 0.2) is 30.3 Å². The van der Waals surface area contributed by atoms with Gasteiger partial charge in [0.05, 0.1) is 18.8 Å². The molecule has 0 unspecified atom stereocenters. The number of benzene rings is 1. The first-order valence-electron chi connectivity index (χ1n) is 7.06. The van der Waals surface area contributed by atoms with Crippen LogP contribution in [0.25, 0.3) is 0 Å². The van der Waals surface area contributed by atoms with Crippen molar-refractivity contribution >= 4 is 0 Å². The van der Waals surface area contributed by atoms with Crippen LogP contribution in [0.4, 0.5) is 0 Å². The first kappa shape index (κ1) is 15.4. The number of hydrogen-bond donors (Lipinski definition) is 3. The Labute approximate surface area is 120 Å². The average Bonchev–Trinajstić information content (AvgIpc) is 2.82. The van der Waals surface area contributed by atoms with Gasteiger partial charge in [0, 0.05) is 13.1 Å². The van der Waals surface area contributed by atoms with E-state index in [4.69, 9.17) is 10.5 Å². The fourth-order valence-corrected chi connectivity index (χ4v) is 2.82. The Morgan fingerprint density at radius 1 is 1.25 bits per heavy atom. The van der Waals surface area contributed by atoms with Crippen molar-refractivity contribution in [1.82, 2.24) is 4.90 Å². The lowest BCUT2D eigenvalue weighted by molar-refractivity contribution is -0.0193. The zero-order chi connectivity index (χ0) is 14.5. The zero-order valence-corrected chi connectivity index (χ0v) is 11.9. The average molecular weight is 280 g/mol. The summed E-state index contributed by atoms with van der Waals surface area (Å²) in [6, 6.07) is 10.1. The van der Waals surface area contributed by atoms with Crippen LogP contribution in [0.3, 0.4) is 0 Å². The summed E-state index contributed by atoms with van der Waals surface area (Å²) in [5.74, 6) is 0. The van der Waals surface area contributed by atoms with Crippen molar-refractivity contribution in [2.45, 2.75) is 30.8 Å². The summed E-state index contributed by atoms with van der Waals surface area (Å²) in [4.78, 5) is 2.07. The van der Waals surface area contributed by atoms with Crippen molar-refractivity contribution in [2.24, 2.45) is 5.73 Å². The molecule has 2 rings (SSSR count). The van der Waals surface area contributed by atoms with E-state index in [1.165, 1.54) is 5.56 Å². The lowest BCUT2D eigenvalue weighted by Gasteiger charge is -2.30. The van der Waals surface area contributed by atoms with Gasteiger partial charge in [-0.25, -0.2) is 0 Å². The Morgan fingerprint density at radius 2 is 1.95 bits per heavy atom. The predicted octanol–water partition coefficient (Wildman–Crippen LogP) is -0.391. The largest absolute Gasteiger partial charge is 0.394 e. The van der Waals surface area contributed by atoms with E-state index in [1.807, 2.05) is 25.2 Å². The van der Waals surface area contributed by atoms with E-state index in [0.29, 0.717) is 6.54 Å². The number of rotatable bonds is 6. The van der Waals surface area contributed by atoms with Gasteiger partial charge < -0.3 is 20.7 Å². The third-order valence-corrected chi connectivity index (χ3v) is 3.98. The molecule has 1 fully saturated rings. The number of hydrogen-bond acceptors (Lipinski definition) is 5. The number of ether oxygens (including phenoxy) is 1. The molecule has 0 amide bonds. The summed E-state index contributed by atoms with van der Waals surface area (Å²) in [6.07, 6.45) is -0.563. The van der Waals surface area contributed by atoms with Gasteiger partial charge in [-0.2, -0.15) is 0 Å². The van der Waals surface area contributed by atoms with E-state index < -0.39 is 12.2 Å². The van der Waals surface area contributed by atoms with Crippen molar-refractivity contribution < 1.29 is 14.9 Å². The molecule has 0 bridgehead atoms. The minimum atomic E-state index is -0.700. The molecule has 1 aliphatic rings. The Kier molecular flexibility index (Phi) is 5.51. The standard InChI is InChI=1S/C15H24N2O3/c1-17(8-7-11-5-3-2-4-6-11)14-12(9-16)20-13(10-18)15(14)19/h2-6,12-15,18-19H,7-10,16H2,1H3/t12-,13+,14+,15-/m1/s1. The number of aliphatic hydroxyl groups is 2. The molecular weight excluding hydrogens is 256 g/mol. The van der Waals surface area contributed by atoms with Crippen LogP contribution in [0, 0.1) is 0 Å². The summed E-state index contributed by atoms with van der Waals surface area (Å²) in [5, 5.41) is 19.4. The maximum absolute atomic E-state index is 10.2. The molecule has 20 heavy (non-hydrogen) atoms. The smallest absolute Gasteiger partial charge is 0.109 e. The molecule has 0 radical (unpaired) electrons. The molecule has 5 heteroatoms. The van der Waals surface area contributed by atoms with Crippen molar-refractivity contribution in [3.8, 4) is 0 Å². The Morgan fingerprint density at radius 3 is 2.55 bits per heavy atom. The van der Waals surface area contributed by atoms with Crippen LogP contribution in [-0.4, -0.2) is 66.2 Å². The highest BCUT2D eigenvalue weighted by Crippen LogP contribution is 2.24. The van der Waals surface area contributed by atoms with E-state index in [1.54, 1.807) is 0 Å².